The molecule has 0 heterocycles. The highest BCUT2D eigenvalue weighted by atomic mass is 16.6. The third-order valence-corrected chi connectivity index (χ3v) is 1.82. The first kappa shape index (κ1) is 11.5. The Morgan fingerprint density at radius 1 is 1.62 bits per heavy atom. The summed E-state index contributed by atoms with van der Waals surface area (Å²) >= 11 is 0. The number of aromatic carboxylic acids is 1. The van der Waals surface area contributed by atoms with Crippen molar-refractivity contribution in [2.75, 3.05) is 11.9 Å². The van der Waals surface area contributed by atoms with Gasteiger partial charge in [0.2, 0.25) is 0 Å². The van der Waals surface area contributed by atoms with Crippen LogP contribution in [0, 0.1) is 22.5 Å². The van der Waals surface area contributed by atoms with Crippen LogP contribution < -0.4 is 5.32 Å². The zero-order valence-corrected chi connectivity index (χ0v) is 8.14. The van der Waals surface area contributed by atoms with Crippen LogP contribution >= 0.6 is 0 Å². The second-order valence-corrected chi connectivity index (χ2v) is 2.85. The van der Waals surface area contributed by atoms with Crippen molar-refractivity contribution in [3.63, 3.8) is 0 Å². The fourth-order valence-electron chi connectivity index (χ4n) is 1.12. The van der Waals surface area contributed by atoms with Crippen LogP contribution in [0.3, 0.4) is 0 Å². The fraction of sp³-hybridized carbons (Fsp3) is 0.100. The number of nitrogens with zero attached hydrogens (tertiary/aromatic N) is 1. The van der Waals surface area contributed by atoms with Crippen molar-refractivity contribution in [2.24, 2.45) is 0 Å². The van der Waals surface area contributed by atoms with Crippen molar-refractivity contribution in [2.45, 2.75) is 0 Å². The molecule has 0 amide bonds. The molecule has 1 aromatic rings. The number of nitrogens with one attached hydrogen (secondary N) is 1. The number of hydrogen-bond acceptors (Lipinski definition) is 4. The number of terminal acetylenes is 1. The molecular weight excluding hydrogens is 212 g/mol. The molecular formula is C10H8N2O4. The third-order valence-electron chi connectivity index (χ3n) is 1.82. The topological polar surface area (TPSA) is 92.5 Å². The molecule has 0 aliphatic rings. The molecule has 2 N–H and O–H groups in total. The predicted octanol–water partition coefficient (Wildman–Crippen LogP) is 1.34. The van der Waals surface area contributed by atoms with Crippen molar-refractivity contribution < 1.29 is 14.8 Å². The van der Waals surface area contributed by atoms with Crippen LogP contribution in [0.2, 0.25) is 0 Å². The van der Waals surface area contributed by atoms with Gasteiger partial charge >= 0.3 is 5.97 Å². The summed E-state index contributed by atoms with van der Waals surface area (Å²) in [5.74, 6) is 1.10. The molecule has 1 rings (SSSR count). The molecule has 0 aliphatic carbocycles. The quantitative estimate of drug-likeness (QED) is 0.453. The molecule has 0 fully saturated rings. The minimum Gasteiger partial charge on any atom is -0.478 e. The van der Waals surface area contributed by atoms with Crippen LogP contribution in [0.5, 0.6) is 0 Å². The maximum Gasteiger partial charge on any atom is 0.335 e. The lowest BCUT2D eigenvalue weighted by molar-refractivity contribution is -0.384. The van der Waals surface area contributed by atoms with Crippen LogP contribution in [-0.4, -0.2) is 22.5 Å². The molecule has 0 aromatic heterocycles. The van der Waals surface area contributed by atoms with Gasteiger partial charge in [-0.05, 0) is 12.1 Å². The zero-order chi connectivity index (χ0) is 12.1. The van der Waals surface area contributed by atoms with Gasteiger partial charge in [0.05, 0.1) is 17.0 Å². The standard InChI is InChI=1S/C10H8N2O4/c1-2-5-11-8-6-7(10(13)14)3-4-9(8)12(15)16/h1,3-4,6,11H,5H2,(H,13,14). The molecule has 0 radical (unpaired) electrons. The summed E-state index contributed by atoms with van der Waals surface area (Å²) in [5.41, 5.74) is -0.145. The van der Waals surface area contributed by atoms with Crippen LogP contribution in [0.15, 0.2) is 18.2 Å². The second kappa shape index (κ2) is 4.79. The van der Waals surface area contributed by atoms with E-state index in [0.29, 0.717) is 0 Å². The molecule has 0 aliphatic heterocycles. The number of nitro groups is 1. The molecule has 0 saturated carbocycles. The zero-order valence-electron chi connectivity index (χ0n) is 8.14. The Kier molecular flexibility index (Phi) is 3.45. The number of hydrogen-bond donors (Lipinski definition) is 2. The third kappa shape index (κ3) is 2.48. The minimum absolute atomic E-state index is 0.0369. The fourth-order valence-corrected chi connectivity index (χ4v) is 1.12. The molecule has 1 aromatic carbocycles. The van der Waals surface area contributed by atoms with Gasteiger partial charge in [-0.2, -0.15) is 0 Å². The molecule has 0 atom stereocenters. The lowest BCUT2D eigenvalue weighted by atomic mass is 10.1. The van der Waals surface area contributed by atoms with Gasteiger partial charge in [0, 0.05) is 6.07 Å². The highest BCUT2D eigenvalue weighted by Crippen LogP contribution is 2.25. The van der Waals surface area contributed by atoms with Crippen LogP contribution in [0.25, 0.3) is 0 Å². The smallest absolute Gasteiger partial charge is 0.335 e. The normalized spacial score (nSPS) is 9.19. The summed E-state index contributed by atoms with van der Waals surface area (Å²) in [4.78, 5) is 20.7. The van der Waals surface area contributed by atoms with Gasteiger partial charge in [-0.3, -0.25) is 10.1 Å². The summed E-state index contributed by atoms with van der Waals surface area (Å²) in [6.07, 6.45) is 5.00. The first-order chi connectivity index (χ1) is 7.56. The van der Waals surface area contributed by atoms with Crippen molar-refractivity contribution in [1.82, 2.24) is 0 Å². The van der Waals surface area contributed by atoms with E-state index >= 15 is 0 Å². The molecule has 6 heteroatoms. The summed E-state index contributed by atoms with van der Waals surface area (Å²) in [7, 11) is 0. The van der Waals surface area contributed by atoms with Gasteiger partial charge in [0.15, 0.2) is 0 Å². The van der Waals surface area contributed by atoms with E-state index in [9.17, 15) is 14.9 Å². The molecule has 0 spiro atoms. The monoisotopic (exact) mass is 220 g/mol. The number of rotatable bonds is 4. The number of benzene rings is 1. The van der Waals surface area contributed by atoms with Gasteiger partial charge in [-0.25, -0.2) is 4.79 Å². The molecule has 0 saturated heterocycles. The summed E-state index contributed by atoms with van der Waals surface area (Å²) in [5, 5.41) is 22.0. The van der Waals surface area contributed by atoms with Gasteiger partial charge in [-0.15, -0.1) is 6.42 Å². The number of carbonyl (C=O) groups is 1. The highest BCUT2D eigenvalue weighted by molar-refractivity contribution is 5.90. The molecule has 16 heavy (non-hydrogen) atoms. The molecule has 6 nitrogen and oxygen atoms in total. The second-order valence-electron chi connectivity index (χ2n) is 2.85. The van der Waals surface area contributed by atoms with Crippen LogP contribution in [0.4, 0.5) is 11.4 Å². The maximum absolute atomic E-state index is 10.7. The van der Waals surface area contributed by atoms with E-state index in [1.807, 2.05) is 0 Å². The van der Waals surface area contributed by atoms with E-state index in [1.54, 1.807) is 0 Å². The Labute approximate surface area is 91.0 Å². The van der Waals surface area contributed by atoms with Gasteiger partial charge in [0.25, 0.3) is 5.69 Å². The summed E-state index contributed by atoms with van der Waals surface area (Å²) in [6, 6.07) is 3.47. The Morgan fingerprint density at radius 2 is 2.31 bits per heavy atom. The molecule has 0 bridgehead atoms. The van der Waals surface area contributed by atoms with Gasteiger partial charge < -0.3 is 10.4 Å². The summed E-state index contributed by atoms with van der Waals surface area (Å²) < 4.78 is 0. The Hall–Kier alpha value is -2.55. The SMILES string of the molecule is C#CCNc1cc(C(=O)O)ccc1[N+](=O)[O-]. The van der Waals surface area contributed by atoms with Crippen molar-refractivity contribution >= 4 is 17.3 Å². The Bertz CT molecular complexity index is 476. The lowest BCUT2D eigenvalue weighted by Crippen LogP contribution is -2.05. The van der Waals surface area contributed by atoms with Crippen molar-refractivity contribution in [1.29, 1.82) is 0 Å². The first-order valence-electron chi connectivity index (χ1n) is 4.25. The van der Waals surface area contributed by atoms with Gasteiger partial charge in [0.1, 0.15) is 5.69 Å². The van der Waals surface area contributed by atoms with Crippen LogP contribution in [-0.2, 0) is 0 Å². The van der Waals surface area contributed by atoms with E-state index in [4.69, 9.17) is 11.5 Å². The lowest BCUT2D eigenvalue weighted by Gasteiger charge is -2.04. The van der Waals surface area contributed by atoms with Crippen LogP contribution in [0.1, 0.15) is 10.4 Å². The Morgan fingerprint density at radius 3 is 2.81 bits per heavy atom. The van der Waals surface area contributed by atoms with E-state index in [0.717, 1.165) is 6.07 Å². The van der Waals surface area contributed by atoms with E-state index in [-0.39, 0.29) is 23.5 Å². The number of carboxylic acid groups (broad SMARTS) is 1. The molecule has 82 valence electrons. The average Bonchev–Trinajstić information content (AvgIpc) is 2.25. The van der Waals surface area contributed by atoms with E-state index < -0.39 is 10.9 Å². The average molecular weight is 220 g/mol. The minimum atomic E-state index is -1.15. The number of anilines is 1. The largest absolute Gasteiger partial charge is 0.478 e. The molecule has 0 unspecified atom stereocenters. The van der Waals surface area contributed by atoms with E-state index in [2.05, 4.69) is 11.2 Å². The number of carboxylic acids is 1. The Balaban J connectivity index is 3.16. The van der Waals surface area contributed by atoms with Crippen molar-refractivity contribution in [3.8, 4) is 12.3 Å². The first-order valence-corrected chi connectivity index (χ1v) is 4.25. The van der Waals surface area contributed by atoms with E-state index in [1.165, 1.54) is 12.1 Å². The number of nitro benzene ring substituents is 1. The van der Waals surface area contributed by atoms with Gasteiger partial charge in [-0.1, -0.05) is 5.92 Å². The summed E-state index contributed by atoms with van der Waals surface area (Å²) in [6.45, 7) is 0.0872. The highest BCUT2D eigenvalue weighted by Gasteiger charge is 2.15. The van der Waals surface area contributed by atoms with Crippen molar-refractivity contribution in [3.05, 3.63) is 33.9 Å². The predicted molar refractivity (Wildman–Crippen MR) is 57.4 cm³/mol. The maximum atomic E-state index is 10.7.